The van der Waals surface area contributed by atoms with Crippen LogP contribution in [-0.2, 0) is 6.42 Å². The summed E-state index contributed by atoms with van der Waals surface area (Å²) in [5, 5.41) is 0. The number of methoxy groups -OCH3 is 1. The highest BCUT2D eigenvalue weighted by Crippen LogP contribution is 2.31. The second kappa shape index (κ2) is 6.31. The van der Waals surface area contributed by atoms with Gasteiger partial charge in [0.25, 0.3) is 0 Å². The van der Waals surface area contributed by atoms with Crippen molar-refractivity contribution in [1.82, 2.24) is 4.98 Å². The van der Waals surface area contributed by atoms with E-state index < -0.39 is 0 Å². The van der Waals surface area contributed by atoms with Crippen molar-refractivity contribution in [2.24, 2.45) is 0 Å². The lowest BCUT2D eigenvalue weighted by Crippen LogP contribution is -1.93. The molecule has 0 aliphatic carbocycles. The SMILES string of the molecule is COc1cc(N)ccc1SCCc1cccnc1. The first-order valence-corrected chi connectivity index (χ1v) is 6.73. The quantitative estimate of drug-likeness (QED) is 0.663. The summed E-state index contributed by atoms with van der Waals surface area (Å²) in [6.07, 6.45) is 4.69. The van der Waals surface area contributed by atoms with Gasteiger partial charge in [-0.3, -0.25) is 4.98 Å². The molecular weight excluding hydrogens is 244 g/mol. The van der Waals surface area contributed by atoms with E-state index in [-0.39, 0.29) is 0 Å². The summed E-state index contributed by atoms with van der Waals surface area (Å²) in [5.41, 5.74) is 7.70. The van der Waals surface area contributed by atoms with Crippen molar-refractivity contribution < 1.29 is 4.74 Å². The number of nitrogens with zero attached hydrogens (tertiary/aromatic N) is 1. The number of thioether (sulfide) groups is 1. The minimum absolute atomic E-state index is 0.725. The van der Waals surface area contributed by atoms with Crippen LogP contribution in [0.1, 0.15) is 5.56 Å². The van der Waals surface area contributed by atoms with E-state index in [1.807, 2.05) is 30.5 Å². The van der Waals surface area contributed by atoms with Crippen LogP contribution < -0.4 is 10.5 Å². The molecule has 0 bridgehead atoms. The summed E-state index contributed by atoms with van der Waals surface area (Å²) in [6, 6.07) is 9.81. The van der Waals surface area contributed by atoms with Crippen LogP contribution in [0.25, 0.3) is 0 Å². The molecule has 3 nitrogen and oxygen atoms in total. The number of ether oxygens (including phenoxy) is 1. The number of nitrogens with two attached hydrogens (primary N) is 1. The lowest BCUT2D eigenvalue weighted by atomic mass is 10.2. The molecule has 0 atom stereocenters. The van der Waals surface area contributed by atoms with E-state index in [4.69, 9.17) is 10.5 Å². The first-order valence-electron chi connectivity index (χ1n) is 5.75. The standard InChI is InChI=1S/C14H16N2OS/c1-17-13-9-12(15)4-5-14(13)18-8-6-11-3-2-7-16-10-11/h2-5,7,9-10H,6,8,15H2,1H3. The third kappa shape index (κ3) is 3.40. The smallest absolute Gasteiger partial charge is 0.134 e. The van der Waals surface area contributed by atoms with E-state index >= 15 is 0 Å². The molecule has 18 heavy (non-hydrogen) atoms. The van der Waals surface area contributed by atoms with Gasteiger partial charge in [0.05, 0.1) is 7.11 Å². The van der Waals surface area contributed by atoms with Gasteiger partial charge >= 0.3 is 0 Å². The van der Waals surface area contributed by atoms with Crippen LogP contribution in [0, 0.1) is 0 Å². The number of hydrogen-bond donors (Lipinski definition) is 1. The highest BCUT2D eigenvalue weighted by molar-refractivity contribution is 7.99. The molecule has 0 radical (unpaired) electrons. The predicted molar refractivity (Wildman–Crippen MR) is 76.1 cm³/mol. The van der Waals surface area contributed by atoms with Crippen molar-refractivity contribution >= 4 is 17.4 Å². The number of benzene rings is 1. The molecule has 0 saturated carbocycles. The maximum absolute atomic E-state index is 5.73. The van der Waals surface area contributed by atoms with Crippen molar-refractivity contribution in [3.63, 3.8) is 0 Å². The highest BCUT2D eigenvalue weighted by Gasteiger charge is 2.04. The third-order valence-electron chi connectivity index (χ3n) is 2.56. The largest absolute Gasteiger partial charge is 0.496 e. The summed E-state index contributed by atoms with van der Waals surface area (Å²) >= 11 is 1.77. The Morgan fingerprint density at radius 1 is 1.33 bits per heavy atom. The number of aryl methyl sites for hydroxylation is 1. The molecule has 0 amide bonds. The maximum atomic E-state index is 5.73. The molecule has 94 valence electrons. The van der Waals surface area contributed by atoms with Gasteiger partial charge in [-0.15, -0.1) is 11.8 Å². The average molecular weight is 260 g/mol. The zero-order valence-corrected chi connectivity index (χ0v) is 11.1. The lowest BCUT2D eigenvalue weighted by molar-refractivity contribution is 0.405. The Hall–Kier alpha value is -1.68. The zero-order chi connectivity index (χ0) is 12.8. The summed E-state index contributed by atoms with van der Waals surface area (Å²) in [6.45, 7) is 0. The Bertz CT molecular complexity index is 502. The van der Waals surface area contributed by atoms with Crippen LogP contribution >= 0.6 is 11.8 Å². The van der Waals surface area contributed by atoms with Gasteiger partial charge in [-0.1, -0.05) is 6.07 Å². The number of nitrogen functional groups attached to an aromatic ring is 1. The second-order valence-electron chi connectivity index (χ2n) is 3.87. The van der Waals surface area contributed by atoms with Crippen molar-refractivity contribution in [2.45, 2.75) is 11.3 Å². The number of aromatic nitrogens is 1. The normalized spacial score (nSPS) is 10.3. The first-order chi connectivity index (χ1) is 8.79. The van der Waals surface area contributed by atoms with Crippen molar-refractivity contribution in [1.29, 1.82) is 0 Å². The summed E-state index contributed by atoms with van der Waals surface area (Å²) in [7, 11) is 1.67. The minimum atomic E-state index is 0.725. The molecule has 0 saturated heterocycles. The van der Waals surface area contributed by atoms with E-state index in [1.165, 1.54) is 5.56 Å². The molecule has 1 aromatic carbocycles. The van der Waals surface area contributed by atoms with Crippen LogP contribution in [0.4, 0.5) is 5.69 Å². The monoisotopic (exact) mass is 260 g/mol. The topological polar surface area (TPSA) is 48.1 Å². The van der Waals surface area contributed by atoms with Crippen LogP contribution in [0.2, 0.25) is 0 Å². The molecule has 0 aliphatic rings. The molecule has 0 fully saturated rings. The number of pyridine rings is 1. The molecule has 2 rings (SSSR count). The molecule has 1 aromatic heterocycles. The van der Waals surface area contributed by atoms with Gasteiger partial charge in [0.1, 0.15) is 5.75 Å². The fourth-order valence-electron chi connectivity index (χ4n) is 1.63. The third-order valence-corrected chi connectivity index (χ3v) is 3.62. The summed E-state index contributed by atoms with van der Waals surface area (Å²) in [4.78, 5) is 5.23. The average Bonchev–Trinajstić information content (AvgIpc) is 2.41. The van der Waals surface area contributed by atoms with Crippen LogP contribution in [0.5, 0.6) is 5.75 Å². The van der Waals surface area contributed by atoms with Crippen LogP contribution in [0.3, 0.4) is 0 Å². The van der Waals surface area contributed by atoms with E-state index in [0.717, 1.165) is 28.5 Å². The van der Waals surface area contributed by atoms with E-state index in [0.29, 0.717) is 0 Å². The fraction of sp³-hybridized carbons (Fsp3) is 0.214. The van der Waals surface area contributed by atoms with Gasteiger partial charge in [-0.2, -0.15) is 0 Å². The molecule has 2 aromatic rings. The molecule has 4 heteroatoms. The Morgan fingerprint density at radius 2 is 2.22 bits per heavy atom. The maximum Gasteiger partial charge on any atom is 0.134 e. The van der Waals surface area contributed by atoms with Gasteiger partial charge in [-0.25, -0.2) is 0 Å². The lowest BCUT2D eigenvalue weighted by Gasteiger charge is -2.08. The van der Waals surface area contributed by atoms with Gasteiger partial charge in [-0.05, 0) is 30.2 Å². The van der Waals surface area contributed by atoms with Gasteiger partial charge < -0.3 is 10.5 Å². The number of hydrogen-bond acceptors (Lipinski definition) is 4. The van der Waals surface area contributed by atoms with Crippen LogP contribution in [0.15, 0.2) is 47.6 Å². The molecule has 0 aliphatic heterocycles. The fourth-order valence-corrected chi connectivity index (χ4v) is 2.63. The molecular formula is C14H16N2OS. The molecule has 1 heterocycles. The van der Waals surface area contributed by atoms with Crippen molar-refractivity contribution in [2.75, 3.05) is 18.6 Å². The summed E-state index contributed by atoms with van der Waals surface area (Å²) in [5.74, 6) is 1.83. The predicted octanol–water partition coefficient (Wildman–Crippen LogP) is 3.01. The number of anilines is 1. The van der Waals surface area contributed by atoms with E-state index in [9.17, 15) is 0 Å². The highest BCUT2D eigenvalue weighted by atomic mass is 32.2. The molecule has 2 N–H and O–H groups in total. The first kappa shape index (κ1) is 12.8. The van der Waals surface area contributed by atoms with Gasteiger partial charge in [0.2, 0.25) is 0 Å². The number of rotatable bonds is 5. The second-order valence-corrected chi connectivity index (χ2v) is 5.01. The van der Waals surface area contributed by atoms with Gasteiger partial charge in [0, 0.05) is 34.8 Å². The van der Waals surface area contributed by atoms with E-state index in [1.54, 1.807) is 25.1 Å². The van der Waals surface area contributed by atoms with E-state index in [2.05, 4.69) is 11.1 Å². The zero-order valence-electron chi connectivity index (χ0n) is 10.3. The Balaban J connectivity index is 1.94. The Kier molecular flexibility index (Phi) is 4.47. The van der Waals surface area contributed by atoms with Crippen molar-refractivity contribution in [3.05, 3.63) is 48.3 Å². The Labute approximate surface area is 111 Å². The van der Waals surface area contributed by atoms with Crippen molar-refractivity contribution in [3.8, 4) is 5.75 Å². The van der Waals surface area contributed by atoms with Gasteiger partial charge in [0.15, 0.2) is 0 Å². The minimum Gasteiger partial charge on any atom is -0.496 e. The molecule has 0 unspecified atom stereocenters. The Morgan fingerprint density at radius 3 is 2.94 bits per heavy atom. The molecule has 0 spiro atoms. The summed E-state index contributed by atoms with van der Waals surface area (Å²) < 4.78 is 5.32. The van der Waals surface area contributed by atoms with Crippen LogP contribution in [-0.4, -0.2) is 17.8 Å².